The van der Waals surface area contributed by atoms with Crippen LogP contribution in [0.3, 0.4) is 0 Å². The normalized spacial score (nSPS) is 12.3. The molecule has 0 aromatic heterocycles. The summed E-state index contributed by atoms with van der Waals surface area (Å²) >= 11 is 0. The van der Waals surface area contributed by atoms with E-state index >= 15 is 0 Å². The van der Waals surface area contributed by atoms with E-state index in [1.165, 1.54) is 0 Å². The van der Waals surface area contributed by atoms with Gasteiger partial charge in [-0.05, 0) is 44.0 Å². The molecule has 1 aromatic carbocycles. The molecule has 3 N–H and O–H groups in total. The summed E-state index contributed by atoms with van der Waals surface area (Å²) in [6, 6.07) is 5.82. The Hall–Kier alpha value is -1.22. The monoisotopic (exact) mass is 194 g/mol. The van der Waals surface area contributed by atoms with E-state index in [0.29, 0.717) is 0 Å². The van der Waals surface area contributed by atoms with Crippen LogP contribution >= 0.6 is 0 Å². The summed E-state index contributed by atoms with van der Waals surface area (Å²) in [4.78, 5) is 0. The van der Waals surface area contributed by atoms with E-state index in [1.54, 1.807) is 0 Å². The van der Waals surface area contributed by atoms with Crippen molar-refractivity contribution in [3.63, 3.8) is 0 Å². The summed E-state index contributed by atoms with van der Waals surface area (Å²) in [7, 11) is 0. The van der Waals surface area contributed by atoms with E-state index in [1.807, 2.05) is 25.1 Å². The molecule has 0 amide bonds. The first-order valence-corrected chi connectivity index (χ1v) is 4.91. The number of nitrogen functional groups attached to an aromatic ring is 1. The second-order valence-corrected chi connectivity index (χ2v) is 3.46. The highest BCUT2D eigenvalue weighted by Crippen LogP contribution is 2.22. The van der Waals surface area contributed by atoms with Crippen LogP contribution in [0.2, 0.25) is 0 Å². The second kappa shape index (κ2) is 4.86. The molecule has 0 aliphatic heterocycles. The maximum atomic E-state index is 5.73. The minimum atomic E-state index is 0.255. The van der Waals surface area contributed by atoms with E-state index < -0.39 is 0 Å². The van der Waals surface area contributed by atoms with E-state index in [9.17, 15) is 0 Å². The minimum Gasteiger partial charge on any atom is -0.490 e. The van der Waals surface area contributed by atoms with Gasteiger partial charge in [0.05, 0.1) is 6.10 Å². The van der Waals surface area contributed by atoms with E-state index in [0.717, 1.165) is 23.4 Å². The van der Waals surface area contributed by atoms with Gasteiger partial charge in [0.15, 0.2) is 0 Å². The lowest BCUT2D eigenvalue weighted by atomic mass is 10.2. The van der Waals surface area contributed by atoms with E-state index in [-0.39, 0.29) is 6.10 Å². The smallest absolute Gasteiger partial charge is 0.122 e. The van der Waals surface area contributed by atoms with Crippen LogP contribution in [-0.4, -0.2) is 6.10 Å². The molecule has 0 saturated carbocycles. The molecule has 0 radical (unpaired) electrons. The molecule has 0 unspecified atom stereocenters. The molecule has 0 fully saturated rings. The van der Waals surface area contributed by atoms with Crippen molar-refractivity contribution < 1.29 is 4.74 Å². The Morgan fingerprint density at radius 3 is 2.71 bits per heavy atom. The molecule has 0 spiro atoms. The van der Waals surface area contributed by atoms with Crippen molar-refractivity contribution in [2.24, 2.45) is 5.84 Å². The Balaban J connectivity index is 2.78. The highest BCUT2D eigenvalue weighted by molar-refractivity contribution is 5.49. The van der Waals surface area contributed by atoms with Crippen molar-refractivity contribution in [3.8, 4) is 5.75 Å². The third kappa shape index (κ3) is 2.64. The molecule has 14 heavy (non-hydrogen) atoms. The summed E-state index contributed by atoms with van der Waals surface area (Å²) in [6.45, 7) is 6.18. The number of nitrogens with one attached hydrogen (secondary N) is 1. The number of hydrogen-bond acceptors (Lipinski definition) is 3. The zero-order valence-corrected chi connectivity index (χ0v) is 9.00. The number of ether oxygens (including phenoxy) is 1. The summed E-state index contributed by atoms with van der Waals surface area (Å²) < 4.78 is 5.73. The number of hydrazine groups is 1. The first-order valence-electron chi connectivity index (χ1n) is 4.91. The molecule has 3 heteroatoms. The lowest BCUT2D eigenvalue weighted by Crippen LogP contribution is -2.11. The quantitative estimate of drug-likeness (QED) is 0.571. The van der Waals surface area contributed by atoms with Crippen molar-refractivity contribution in [1.29, 1.82) is 0 Å². The molecule has 0 saturated heterocycles. The van der Waals surface area contributed by atoms with Crippen LogP contribution in [0.1, 0.15) is 25.8 Å². The Morgan fingerprint density at radius 2 is 2.21 bits per heavy atom. The molecule has 0 aliphatic carbocycles. The number of aryl methyl sites for hydroxylation is 1. The third-order valence-corrected chi connectivity index (χ3v) is 2.24. The molecular weight excluding hydrogens is 176 g/mol. The van der Waals surface area contributed by atoms with Crippen molar-refractivity contribution in [2.45, 2.75) is 33.3 Å². The van der Waals surface area contributed by atoms with Gasteiger partial charge in [-0.15, -0.1) is 0 Å². The maximum Gasteiger partial charge on any atom is 0.122 e. The Kier molecular flexibility index (Phi) is 3.77. The summed E-state index contributed by atoms with van der Waals surface area (Å²) in [5.41, 5.74) is 4.61. The second-order valence-electron chi connectivity index (χ2n) is 3.46. The molecule has 0 aliphatic rings. The molecule has 0 bridgehead atoms. The average Bonchev–Trinajstić information content (AvgIpc) is 2.20. The fourth-order valence-corrected chi connectivity index (χ4v) is 1.17. The lowest BCUT2D eigenvalue weighted by Gasteiger charge is -2.15. The van der Waals surface area contributed by atoms with Gasteiger partial charge in [0, 0.05) is 5.69 Å². The first-order chi connectivity index (χ1) is 6.67. The fraction of sp³-hybridized carbons (Fsp3) is 0.455. The van der Waals surface area contributed by atoms with E-state index in [4.69, 9.17) is 10.6 Å². The lowest BCUT2D eigenvalue weighted by molar-refractivity contribution is 0.216. The van der Waals surface area contributed by atoms with Crippen LogP contribution in [0.25, 0.3) is 0 Å². The number of nitrogens with two attached hydrogens (primary N) is 1. The molecule has 3 nitrogen and oxygen atoms in total. The van der Waals surface area contributed by atoms with E-state index in [2.05, 4.69) is 19.3 Å². The van der Waals surface area contributed by atoms with Crippen molar-refractivity contribution in [1.82, 2.24) is 0 Å². The minimum absolute atomic E-state index is 0.255. The Bertz CT molecular complexity index is 299. The number of rotatable bonds is 4. The van der Waals surface area contributed by atoms with Crippen molar-refractivity contribution in [2.75, 3.05) is 5.43 Å². The Morgan fingerprint density at radius 1 is 1.50 bits per heavy atom. The molecule has 0 heterocycles. The molecule has 1 atom stereocenters. The maximum absolute atomic E-state index is 5.73. The van der Waals surface area contributed by atoms with Crippen LogP contribution in [-0.2, 0) is 0 Å². The Labute approximate surface area is 85.2 Å². The predicted molar refractivity (Wildman–Crippen MR) is 59.4 cm³/mol. The van der Waals surface area contributed by atoms with Gasteiger partial charge in [0.2, 0.25) is 0 Å². The van der Waals surface area contributed by atoms with Crippen LogP contribution in [0.15, 0.2) is 18.2 Å². The van der Waals surface area contributed by atoms with Gasteiger partial charge in [0.25, 0.3) is 0 Å². The van der Waals surface area contributed by atoms with Gasteiger partial charge >= 0.3 is 0 Å². The van der Waals surface area contributed by atoms with Crippen molar-refractivity contribution in [3.05, 3.63) is 23.8 Å². The number of anilines is 1. The topological polar surface area (TPSA) is 47.3 Å². The largest absolute Gasteiger partial charge is 0.490 e. The zero-order valence-electron chi connectivity index (χ0n) is 9.00. The predicted octanol–water partition coefficient (Wildman–Crippen LogP) is 2.46. The molecular formula is C11H18N2O. The van der Waals surface area contributed by atoms with Gasteiger partial charge in [-0.3, -0.25) is 5.84 Å². The van der Waals surface area contributed by atoms with Crippen LogP contribution in [0.5, 0.6) is 5.75 Å². The zero-order chi connectivity index (χ0) is 10.6. The first kappa shape index (κ1) is 10.9. The molecule has 78 valence electrons. The van der Waals surface area contributed by atoms with Crippen LogP contribution < -0.4 is 16.0 Å². The third-order valence-electron chi connectivity index (χ3n) is 2.24. The fourth-order valence-electron chi connectivity index (χ4n) is 1.17. The van der Waals surface area contributed by atoms with Gasteiger partial charge in [0.1, 0.15) is 5.75 Å². The molecule has 1 aromatic rings. The van der Waals surface area contributed by atoms with Crippen LogP contribution in [0, 0.1) is 6.92 Å². The number of benzene rings is 1. The summed E-state index contributed by atoms with van der Waals surface area (Å²) in [5.74, 6) is 6.23. The molecule has 1 rings (SSSR count). The highest BCUT2D eigenvalue weighted by Gasteiger charge is 2.04. The average molecular weight is 194 g/mol. The van der Waals surface area contributed by atoms with Crippen molar-refractivity contribution >= 4 is 5.69 Å². The SMILES string of the molecule is CC[C@@H](C)Oc1ccc(NN)cc1C. The number of hydrogen-bond donors (Lipinski definition) is 2. The van der Waals surface area contributed by atoms with Crippen LogP contribution in [0.4, 0.5) is 5.69 Å². The highest BCUT2D eigenvalue weighted by atomic mass is 16.5. The van der Waals surface area contributed by atoms with Gasteiger partial charge < -0.3 is 10.2 Å². The summed E-state index contributed by atoms with van der Waals surface area (Å²) in [6.07, 6.45) is 1.27. The van der Waals surface area contributed by atoms with Gasteiger partial charge in [-0.1, -0.05) is 6.92 Å². The van der Waals surface area contributed by atoms with Gasteiger partial charge in [-0.25, -0.2) is 0 Å². The summed E-state index contributed by atoms with van der Waals surface area (Å²) in [5, 5.41) is 0. The van der Waals surface area contributed by atoms with Gasteiger partial charge in [-0.2, -0.15) is 0 Å². The standard InChI is InChI=1S/C11H18N2O/c1-4-9(3)14-11-6-5-10(13-12)7-8(11)2/h5-7,9,13H,4,12H2,1-3H3/t9-/m1/s1.